The summed E-state index contributed by atoms with van der Waals surface area (Å²) in [6.45, 7) is 11.4. The minimum absolute atomic E-state index is 0.0864. The van der Waals surface area contributed by atoms with Crippen molar-refractivity contribution in [2.75, 3.05) is 63.1 Å². The Labute approximate surface area is 254 Å². The van der Waals surface area contributed by atoms with Crippen molar-refractivity contribution in [3.05, 3.63) is 64.5 Å². The molecule has 0 bridgehead atoms. The lowest BCUT2D eigenvalue weighted by Gasteiger charge is -2.24. The molecular formula is C31H45N7O3S. The van der Waals surface area contributed by atoms with E-state index >= 15 is 0 Å². The molecule has 1 atom stereocenters. The number of aliphatic hydroxyl groups excluding tert-OH is 2. The molecule has 0 saturated carbocycles. The maximum atomic E-state index is 13.0. The standard InChI is InChI=1S/C31H45N7O3S/c1-5-10-29(27-11-8-9-13-34-27)42-24(6-2)22-37(7-3)14-12-23(4)21-35-31(41)28-19-26(33)25(20-32)30(36-28)38(15-17-39)16-18-40/h6,8-11,13,19,23,39-40H,5,7,12,14-18,21-22H2,1-4H3,(H2,33,36)(H,35,41). The third kappa shape index (κ3) is 10.8. The van der Waals surface area contributed by atoms with Crippen molar-refractivity contribution >= 4 is 34.1 Å². The molecule has 0 saturated heterocycles. The molecule has 11 heteroatoms. The van der Waals surface area contributed by atoms with E-state index in [2.05, 4.69) is 60.0 Å². The van der Waals surface area contributed by atoms with Crippen LogP contribution in [0.15, 0.2) is 47.5 Å². The molecule has 2 heterocycles. The monoisotopic (exact) mass is 595 g/mol. The van der Waals surface area contributed by atoms with Gasteiger partial charge in [0.1, 0.15) is 23.1 Å². The number of carbonyl (C=O) groups is 1. The number of thioether (sulfide) groups is 1. The Kier molecular flexibility index (Phi) is 15.6. The Balaban J connectivity index is 1.98. The molecule has 1 amide bonds. The maximum Gasteiger partial charge on any atom is 0.270 e. The van der Waals surface area contributed by atoms with Crippen molar-refractivity contribution in [1.82, 2.24) is 20.2 Å². The second-order valence-electron chi connectivity index (χ2n) is 9.86. The number of amides is 1. The van der Waals surface area contributed by atoms with Gasteiger partial charge in [-0.2, -0.15) is 5.26 Å². The number of anilines is 2. The molecule has 0 aliphatic carbocycles. The van der Waals surface area contributed by atoms with Gasteiger partial charge in [0.05, 0.1) is 24.6 Å². The molecule has 2 rings (SSSR count). The van der Waals surface area contributed by atoms with Crippen LogP contribution < -0.4 is 16.0 Å². The number of rotatable bonds is 18. The van der Waals surface area contributed by atoms with E-state index in [1.54, 1.807) is 16.7 Å². The lowest BCUT2D eigenvalue weighted by molar-refractivity contribution is 0.0941. The molecule has 0 spiro atoms. The van der Waals surface area contributed by atoms with E-state index in [1.165, 1.54) is 11.0 Å². The summed E-state index contributed by atoms with van der Waals surface area (Å²) >= 11 is 1.76. The molecular weight excluding hydrogens is 550 g/mol. The average Bonchev–Trinajstić information content (AvgIpc) is 3.00. The predicted molar refractivity (Wildman–Crippen MR) is 172 cm³/mol. The van der Waals surface area contributed by atoms with Gasteiger partial charge in [0, 0.05) is 37.3 Å². The Bertz CT molecular complexity index is 1230. The third-order valence-corrected chi connectivity index (χ3v) is 7.88. The fourth-order valence-electron chi connectivity index (χ4n) is 4.22. The smallest absolute Gasteiger partial charge is 0.270 e. The number of nitrogens with two attached hydrogens (primary N) is 1. The second kappa shape index (κ2) is 18.9. The van der Waals surface area contributed by atoms with Gasteiger partial charge < -0.3 is 26.2 Å². The van der Waals surface area contributed by atoms with Crippen molar-refractivity contribution < 1.29 is 15.0 Å². The minimum atomic E-state index is -0.392. The van der Waals surface area contributed by atoms with Gasteiger partial charge in [0.2, 0.25) is 0 Å². The topological polar surface area (TPSA) is 152 Å². The fourth-order valence-corrected chi connectivity index (χ4v) is 5.35. The van der Waals surface area contributed by atoms with E-state index in [1.807, 2.05) is 30.5 Å². The van der Waals surface area contributed by atoms with Crippen LogP contribution in [0.3, 0.4) is 0 Å². The molecule has 228 valence electrons. The molecule has 10 nitrogen and oxygen atoms in total. The summed E-state index contributed by atoms with van der Waals surface area (Å²) in [6.07, 6.45) is 8.03. The van der Waals surface area contributed by atoms with Gasteiger partial charge in [-0.05, 0) is 61.9 Å². The molecule has 0 aromatic carbocycles. The molecule has 1 unspecified atom stereocenters. The first-order valence-electron chi connectivity index (χ1n) is 14.4. The predicted octanol–water partition coefficient (Wildman–Crippen LogP) is 3.89. The van der Waals surface area contributed by atoms with Crippen molar-refractivity contribution in [1.29, 1.82) is 5.26 Å². The van der Waals surface area contributed by atoms with E-state index in [0.717, 1.165) is 43.1 Å². The number of hydrogen-bond donors (Lipinski definition) is 4. The van der Waals surface area contributed by atoms with E-state index in [-0.39, 0.29) is 55.0 Å². The Morgan fingerprint density at radius 2 is 1.95 bits per heavy atom. The number of nitrogen functional groups attached to an aromatic ring is 1. The van der Waals surface area contributed by atoms with Gasteiger partial charge in [0.15, 0.2) is 0 Å². The van der Waals surface area contributed by atoms with Gasteiger partial charge in [-0.15, -0.1) is 0 Å². The van der Waals surface area contributed by atoms with Gasteiger partial charge in [-0.25, -0.2) is 4.98 Å². The Morgan fingerprint density at radius 3 is 2.52 bits per heavy atom. The molecule has 0 aliphatic rings. The summed E-state index contributed by atoms with van der Waals surface area (Å²) in [6, 6.07) is 9.38. The number of nitrogens with zero attached hydrogens (tertiary/aromatic N) is 5. The molecule has 5 N–H and O–H groups in total. The molecule has 2 aromatic rings. The summed E-state index contributed by atoms with van der Waals surface area (Å²) in [5.41, 5.74) is 7.37. The van der Waals surface area contributed by atoms with Crippen LogP contribution in [0.2, 0.25) is 0 Å². The molecule has 0 radical (unpaired) electrons. The highest BCUT2D eigenvalue weighted by Crippen LogP contribution is 2.33. The van der Waals surface area contributed by atoms with Crippen molar-refractivity contribution in [3.8, 4) is 6.07 Å². The van der Waals surface area contributed by atoms with E-state index < -0.39 is 5.91 Å². The number of aromatic nitrogens is 2. The number of nitrogens with one attached hydrogen (secondary N) is 1. The van der Waals surface area contributed by atoms with Crippen LogP contribution in [0.25, 0.3) is 4.91 Å². The zero-order valence-electron chi connectivity index (χ0n) is 25.2. The third-order valence-electron chi connectivity index (χ3n) is 6.66. The SMILES string of the molecule is CC=C(CN(CC)CCC(C)CNC(=O)c1cc(N)c(C#N)c(N(CCO)CCO)n1)SC(=CCC)c1ccccn1. The first-order valence-corrected chi connectivity index (χ1v) is 15.3. The summed E-state index contributed by atoms with van der Waals surface area (Å²) in [5.74, 6) is -0.00350. The summed E-state index contributed by atoms with van der Waals surface area (Å²) in [7, 11) is 0. The van der Waals surface area contributed by atoms with Crippen molar-refractivity contribution in [2.24, 2.45) is 5.92 Å². The maximum absolute atomic E-state index is 13.0. The highest BCUT2D eigenvalue weighted by molar-refractivity contribution is 8.11. The first kappa shape index (κ1) is 34.8. The van der Waals surface area contributed by atoms with Crippen LogP contribution in [0.4, 0.5) is 11.5 Å². The lowest BCUT2D eigenvalue weighted by Crippen LogP contribution is -2.34. The van der Waals surface area contributed by atoms with E-state index in [9.17, 15) is 20.3 Å². The van der Waals surface area contributed by atoms with Crippen molar-refractivity contribution in [2.45, 2.75) is 40.5 Å². The number of pyridine rings is 2. The highest BCUT2D eigenvalue weighted by Gasteiger charge is 2.20. The van der Waals surface area contributed by atoms with E-state index in [4.69, 9.17) is 5.73 Å². The first-order chi connectivity index (χ1) is 20.3. The summed E-state index contributed by atoms with van der Waals surface area (Å²) in [5, 5.41) is 31.3. The molecule has 0 fully saturated rings. The lowest BCUT2D eigenvalue weighted by atomic mass is 10.1. The Morgan fingerprint density at radius 1 is 1.21 bits per heavy atom. The van der Waals surface area contributed by atoms with Crippen LogP contribution in [-0.2, 0) is 0 Å². The van der Waals surface area contributed by atoms with Gasteiger partial charge in [-0.3, -0.25) is 14.7 Å². The normalized spacial score (nSPS) is 12.7. The van der Waals surface area contributed by atoms with E-state index in [0.29, 0.717) is 6.54 Å². The number of hydrogen-bond acceptors (Lipinski definition) is 10. The van der Waals surface area contributed by atoms with Gasteiger partial charge in [0.25, 0.3) is 5.91 Å². The molecule has 42 heavy (non-hydrogen) atoms. The van der Waals surface area contributed by atoms with Crippen LogP contribution in [0.1, 0.15) is 62.3 Å². The van der Waals surface area contributed by atoms with Crippen LogP contribution >= 0.6 is 11.8 Å². The fraction of sp³-hybridized carbons (Fsp3) is 0.484. The second-order valence-corrected chi connectivity index (χ2v) is 11.0. The summed E-state index contributed by atoms with van der Waals surface area (Å²) < 4.78 is 0. The van der Waals surface area contributed by atoms with Gasteiger partial charge >= 0.3 is 0 Å². The Hall–Kier alpha value is -3.43. The van der Waals surface area contributed by atoms with Crippen molar-refractivity contribution in [3.63, 3.8) is 0 Å². The van der Waals surface area contributed by atoms with Crippen LogP contribution in [-0.4, -0.2) is 83.5 Å². The number of nitriles is 1. The van der Waals surface area contributed by atoms with Crippen LogP contribution in [0.5, 0.6) is 0 Å². The minimum Gasteiger partial charge on any atom is -0.397 e. The number of aliphatic hydroxyl groups is 2. The zero-order chi connectivity index (χ0) is 30.9. The number of carbonyl (C=O) groups excluding carboxylic acids is 1. The zero-order valence-corrected chi connectivity index (χ0v) is 26.0. The summed E-state index contributed by atoms with van der Waals surface area (Å²) in [4.78, 5) is 28.3. The molecule has 2 aromatic heterocycles. The van der Waals surface area contributed by atoms with Gasteiger partial charge in [-0.1, -0.05) is 50.8 Å². The largest absolute Gasteiger partial charge is 0.397 e. The highest BCUT2D eigenvalue weighted by atomic mass is 32.2. The van der Waals surface area contributed by atoms with Crippen LogP contribution in [0, 0.1) is 17.2 Å². The molecule has 0 aliphatic heterocycles. The average molecular weight is 596 g/mol. The quantitative estimate of drug-likeness (QED) is 0.200. The number of likely N-dealkylation sites (N-methyl/N-ethyl adjacent to an activating group) is 1. The number of allylic oxidation sites excluding steroid dienone is 2.